The van der Waals surface area contributed by atoms with Crippen molar-refractivity contribution in [3.63, 3.8) is 0 Å². The van der Waals surface area contributed by atoms with Crippen LogP contribution in [0.25, 0.3) is 0 Å². The third-order valence-corrected chi connectivity index (χ3v) is 4.23. The van der Waals surface area contributed by atoms with Crippen molar-refractivity contribution >= 4 is 12.0 Å². The van der Waals surface area contributed by atoms with Gasteiger partial charge in [-0.3, -0.25) is 4.79 Å². The Labute approximate surface area is 114 Å². The van der Waals surface area contributed by atoms with Crippen LogP contribution >= 0.6 is 0 Å². The van der Waals surface area contributed by atoms with Gasteiger partial charge < -0.3 is 19.8 Å². The van der Waals surface area contributed by atoms with Crippen LogP contribution in [0.4, 0.5) is 4.79 Å². The van der Waals surface area contributed by atoms with Crippen LogP contribution in [0, 0.1) is 5.92 Å². The van der Waals surface area contributed by atoms with Gasteiger partial charge in [0, 0.05) is 32.1 Å². The van der Waals surface area contributed by atoms with E-state index in [2.05, 4.69) is 11.9 Å². The third-order valence-electron chi connectivity index (χ3n) is 4.23. The number of urea groups is 1. The van der Waals surface area contributed by atoms with Gasteiger partial charge in [0.2, 0.25) is 0 Å². The standard InChI is InChI=1S/C13H23N3O3/c1-14-5-3-11(4-6-14)15(2)13(19)16-8-10(9-16)7-12(17)18/h10-11H,3-9H2,1-2H3,(H,17,18). The molecule has 2 aliphatic heterocycles. The van der Waals surface area contributed by atoms with Crippen molar-refractivity contribution in [3.8, 4) is 0 Å². The Hall–Kier alpha value is -1.30. The van der Waals surface area contributed by atoms with Gasteiger partial charge in [0.1, 0.15) is 0 Å². The molecule has 108 valence electrons. The molecule has 0 aliphatic carbocycles. The van der Waals surface area contributed by atoms with Gasteiger partial charge in [0.05, 0.1) is 6.42 Å². The first-order chi connectivity index (χ1) is 8.97. The number of carboxylic acid groups (broad SMARTS) is 1. The molecule has 0 aromatic heterocycles. The van der Waals surface area contributed by atoms with Crippen LogP contribution in [-0.2, 0) is 4.79 Å². The van der Waals surface area contributed by atoms with E-state index in [9.17, 15) is 9.59 Å². The van der Waals surface area contributed by atoms with E-state index in [1.165, 1.54) is 0 Å². The number of carbonyl (C=O) groups is 2. The summed E-state index contributed by atoms with van der Waals surface area (Å²) >= 11 is 0. The highest BCUT2D eigenvalue weighted by Gasteiger charge is 2.35. The quantitative estimate of drug-likeness (QED) is 0.812. The summed E-state index contributed by atoms with van der Waals surface area (Å²) in [6.45, 7) is 3.23. The van der Waals surface area contributed by atoms with Gasteiger partial charge >= 0.3 is 12.0 Å². The Morgan fingerprint density at radius 3 is 2.37 bits per heavy atom. The number of hydrogen-bond donors (Lipinski definition) is 1. The zero-order valence-corrected chi connectivity index (χ0v) is 11.7. The molecule has 2 heterocycles. The summed E-state index contributed by atoms with van der Waals surface area (Å²) in [5, 5.41) is 8.69. The van der Waals surface area contributed by atoms with Gasteiger partial charge in [0.15, 0.2) is 0 Å². The molecule has 6 heteroatoms. The number of nitrogens with zero attached hydrogens (tertiary/aromatic N) is 3. The van der Waals surface area contributed by atoms with E-state index in [1.807, 2.05) is 11.9 Å². The van der Waals surface area contributed by atoms with Gasteiger partial charge in [-0.2, -0.15) is 0 Å². The molecule has 2 aliphatic rings. The molecular formula is C13H23N3O3. The molecule has 2 saturated heterocycles. The van der Waals surface area contributed by atoms with E-state index < -0.39 is 5.97 Å². The van der Waals surface area contributed by atoms with Crippen molar-refractivity contribution in [1.82, 2.24) is 14.7 Å². The number of likely N-dealkylation sites (tertiary alicyclic amines) is 2. The molecule has 0 saturated carbocycles. The Morgan fingerprint density at radius 1 is 1.26 bits per heavy atom. The average Bonchev–Trinajstić information content (AvgIpc) is 2.32. The van der Waals surface area contributed by atoms with E-state index in [-0.39, 0.29) is 18.4 Å². The van der Waals surface area contributed by atoms with Crippen molar-refractivity contribution in [2.24, 2.45) is 5.92 Å². The first kappa shape index (κ1) is 14.1. The van der Waals surface area contributed by atoms with Gasteiger partial charge in [-0.05, 0) is 33.0 Å². The fourth-order valence-electron chi connectivity index (χ4n) is 2.86. The lowest BCUT2D eigenvalue weighted by Crippen LogP contribution is -2.57. The number of rotatable bonds is 3. The van der Waals surface area contributed by atoms with Gasteiger partial charge in [0.25, 0.3) is 0 Å². The third kappa shape index (κ3) is 3.37. The number of hydrogen-bond acceptors (Lipinski definition) is 3. The zero-order chi connectivity index (χ0) is 14.0. The van der Waals surface area contributed by atoms with Crippen molar-refractivity contribution in [3.05, 3.63) is 0 Å². The maximum atomic E-state index is 12.2. The summed E-state index contributed by atoms with van der Waals surface area (Å²) in [4.78, 5) is 28.7. The molecule has 0 bridgehead atoms. The maximum absolute atomic E-state index is 12.2. The van der Waals surface area contributed by atoms with Gasteiger partial charge in [-0.1, -0.05) is 0 Å². The molecule has 0 aromatic rings. The molecule has 2 fully saturated rings. The Balaban J connectivity index is 1.76. The lowest BCUT2D eigenvalue weighted by Gasteiger charge is -2.43. The molecule has 19 heavy (non-hydrogen) atoms. The molecule has 2 amide bonds. The van der Waals surface area contributed by atoms with Crippen LogP contribution in [0.15, 0.2) is 0 Å². The predicted octanol–water partition coefficient (Wildman–Crippen LogP) is 0.539. The highest BCUT2D eigenvalue weighted by atomic mass is 16.4. The molecule has 2 rings (SSSR count). The number of amides is 2. The van der Waals surface area contributed by atoms with E-state index in [0.29, 0.717) is 19.1 Å². The predicted molar refractivity (Wildman–Crippen MR) is 71.0 cm³/mol. The maximum Gasteiger partial charge on any atom is 0.320 e. The summed E-state index contributed by atoms with van der Waals surface area (Å²) in [6.07, 6.45) is 2.21. The SMILES string of the molecule is CN1CCC(N(C)C(=O)N2CC(CC(=O)O)C2)CC1. The fourth-order valence-corrected chi connectivity index (χ4v) is 2.86. The Morgan fingerprint density at radius 2 is 1.84 bits per heavy atom. The van der Waals surface area contributed by atoms with E-state index in [4.69, 9.17) is 5.11 Å². The van der Waals surface area contributed by atoms with Crippen LogP contribution in [0.3, 0.4) is 0 Å². The van der Waals surface area contributed by atoms with E-state index in [0.717, 1.165) is 25.9 Å². The van der Waals surface area contributed by atoms with Crippen LogP contribution in [0.2, 0.25) is 0 Å². The highest BCUT2D eigenvalue weighted by molar-refractivity contribution is 5.76. The van der Waals surface area contributed by atoms with Crippen molar-refractivity contribution in [1.29, 1.82) is 0 Å². The topological polar surface area (TPSA) is 64.1 Å². The number of aliphatic carboxylic acids is 1. The minimum absolute atomic E-state index is 0.0520. The lowest BCUT2D eigenvalue weighted by atomic mass is 9.96. The molecule has 0 spiro atoms. The average molecular weight is 269 g/mol. The van der Waals surface area contributed by atoms with Crippen molar-refractivity contribution < 1.29 is 14.7 Å². The normalized spacial score (nSPS) is 22.1. The van der Waals surface area contributed by atoms with Crippen molar-refractivity contribution in [2.45, 2.75) is 25.3 Å². The van der Waals surface area contributed by atoms with Gasteiger partial charge in [-0.25, -0.2) is 4.79 Å². The van der Waals surface area contributed by atoms with Gasteiger partial charge in [-0.15, -0.1) is 0 Å². The first-order valence-corrected chi connectivity index (χ1v) is 6.89. The fraction of sp³-hybridized carbons (Fsp3) is 0.846. The highest BCUT2D eigenvalue weighted by Crippen LogP contribution is 2.22. The molecule has 0 atom stereocenters. The summed E-state index contributed by atoms with van der Waals surface area (Å²) in [7, 11) is 3.97. The minimum atomic E-state index is -0.777. The molecule has 0 unspecified atom stereocenters. The molecule has 6 nitrogen and oxygen atoms in total. The minimum Gasteiger partial charge on any atom is -0.481 e. The molecule has 0 radical (unpaired) electrons. The monoisotopic (exact) mass is 269 g/mol. The Kier molecular flexibility index (Phi) is 4.29. The summed E-state index contributed by atoms with van der Waals surface area (Å²) < 4.78 is 0. The zero-order valence-electron chi connectivity index (χ0n) is 11.7. The summed E-state index contributed by atoms with van der Waals surface area (Å²) in [6, 6.07) is 0.374. The lowest BCUT2D eigenvalue weighted by molar-refractivity contribution is -0.139. The van der Waals surface area contributed by atoms with Crippen molar-refractivity contribution in [2.75, 3.05) is 40.3 Å². The van der Waals surface area contributed by atoms with Crippen LogP contribution in [0.5, 0.6) is 0 Å². The largest absolute Gasteiger partial charge is 0.481 e. The second-order valence-electron chi connectivity index (χ2n) is 5.80. The summed E-state index contributed by atoms with van der Waals surface area (Å²) in [5.74, 6) is -0.645. The molecular weight excluding hydrogens is 246 g/mol. The Bertz CT molecular complexity index is 347. The number of carbonyl (C=O) groups excluding carboxylic acids is 1. The number of piperidine rings is 1. The smallest absolute Gasteiger partial charge is 0.320 e. The first-order valence-electron chi connectivity index (χ1n) is 6.89. The second kappa shape index (κ2) is 5.77. The molecule has 0 aromatic carbocycles. The summed E-state index contributed by atoms with van der Waals surface area (Å²) in [5.41, 5.74) is 0. The van der Waals surface area contributed by atoms with Crippen LogP contribution in [-0.4, -0.2) is 78.1 Å². The van der Waals surface area contributed by atoms with Crippen LogP contribution in [0.1, 0.15) is 19.3 Å². The number of carboxylic acids is 1. The second-order valence-corrected chi connectivity index (χ2v) is 5.80. The van der Waals surface area contributed by atoms with E-state index >= 15 is 0 Å². The van der Waals surface area contributed by atoms with E-state index in [1.54, 1.807) is 4.90 Å². The molecule has 1 N–H and O–H groups in total. The van der Waals surface area contributed by atoms with Crippen LogP contribution < -0.4 is 0 Å².